The normalized spacial score (nSPS) is 15.3. The summed E-state index contributed by atoms with van der Waals surface area (Å²) in [5.41, 5.74) is 0.957. The smallest absolute Gasteiger partial charge is 0.369 e. The number of nitrogens with zero attached hydrogens (tertiary/aromatic N) is 4. The average molecular weight is 460 g/mol. The Bertz CT molecular complexity index is 1240. The van der Waals surface area contributed by atoms with E-state index < -0.39 is 22.7 Å². The summed E-state index contributed by atoms with van der Waals surface area (Å²) in [5.74, 6) is -6.20. The maximum Gasteiger partial charge on any atom is 0.369 e. The van der Waals surface area contributed by atoms with Crippen LogP contribution in [0, 0.1) is 6.92 Å². The van der Waals surface area contributed by atoms with E-state index in [1.54, 1.807) is 37.4 Å². The molecule has 2 aromatic carbocycles. The first-order chi connectivity index (χ1) is 15.1. The van der Waals surface area contributed by atoms with Gasteiger partial charge in [0.05, 0.1) is 18.0 Å². The topological polar surface area (TPSA) is 69.0 Å². The molecule has 166 valence electrons. The second-order valence-electron chi connectivity index (χ2n) is 7.51. The van der Waals surface area contributed by atoms with Gasteiger partial charge >= 0.3 is 11.8 Å². The van der Waals surface area contributed by atoms with Crippen molar-refractivity contribution in [3.63, 3.8) is 0 Å². The van der Waals surface area contributed by atoms with Crippen LogP contribution in [-0.2, 0) is 11.4 Å². The second-order valence-corrected chi connectivity index (χ2v) is 8.45. The van der Waals surface area contributed by atoms with Crippen LogP contribution in [0.25, 0.3) is 11.3 Å². The fraction of sp³-hybridized carbons (Fsp3) is 0.227. The molecule has 1 N–H and O–H groups in total. The van der Waals surface area contributed by atoms with Gasteiger partial charge in [-0.05, 0) is 30.7 Å². The van der Waals surface area contributed by atoms with Crippen LogP contribution >= 0.6 is 11.3 Å². The number of anilines is 2. The number of aryl methyl sites for hydroxylation is 1. The van der Waals surface area contributed by atoms with Crippen molar-refractivity contribution in [2.45, 2.75) is 19.5 Å². The highest BCUT2D eigenvalue weighted by molar-refractivity contribution is 7.09. The number of carbonyl (C=O) groups excluding carboxylic acids is 1. The van der Waals surface area contributed by atoms with Crippen molar-refractivity contribution < 1.29 is 23.2 Å². The highest BCUT2D eigenvalue weighted by Gasteiger charge is 2.51. The van der Waals surface area contributed by atoms with Crippen LogP contribution in [0.1, 0.15) is 16.1 Å². The van der Waals surface area contributed by atoms with E-state index in [1.165, 1.54) is 41.7 Å². The van der Waals surface area contributed by atoms with Crippen LogP contribution in [-0.4, -0.2) is 41.7 Å². The quantitative estimate of drug-likeness (QED) is 0.575. The molecule has 0 radical (unpaired) electrons. The van der Waals surface area contributed by atoms with E-state index in [4.69, 9.17) is 0 Å². The minimum absolute atomic E-state index is 0.0346. The number of hydrogen-bond acceptors (Lipinski definition) is 6. The van der Waals surface area contributed by atoms with Gasteiger partial charge in [-0.1, -0.05) is 22.7 Å². The van der Waals surface area contributed by atoms with Gasteiger partial charge in [-0.15, -0.1) is 16.5 Å². The molecular formula is C22H19F3N4O2S. The van der Waals surface area contributed by atoms with Gasteiger partial charge in [0, 0.05) is 36.3 Å². The molecule has 0 spiro atoms. The number of aliphatic imine (C=N–C) groups is 1. The van der Waals surface area contributed by atoms with Crippen molar-refractivity contribution in [3.05, 3.63) is 57.9 Å². The summed E-state index contributed by atoms with van der Waals surface area (Å²) < 4.78 is 45.1. The zero-order valence-electron chi connectivity index (χ0n) is 17.4. The summed E-state index contributed by atoms with van der Waals surface area (Å²) in [4.78, 5) is 22.5. The van der Waals surface area contributed by atoms with E-state index in [0.717, 1.165) is 0 Å². The lowest BCUT2D eigenvalue weighted by atomic mass is 10.0. The Morgan fingerprint density at radius 2 is 1.91 bits per heavy atom. The lowest BCUT2D eigenvalue weighted by molar-refractivity contribution is -0.137. The summed E-state index contributed by atoms with van der Waals surface area (Å²) in [6, 6.07) is 8.81. The Hall–Kier alpha value is -3.24. The lowest BCUT2D eigenvalue weighted by Gasteiger charge is -2.20. The summed E-state index contributed by atoms with van der Waals surface area (Å²) >= 11 is 1.23. The number of benzene rings is 2. The minimum atomic E-state index is -4.20. The van der Waals surface area contributed by atoms with E-state index in [2.05, 4.69) is 9.98 Å². The Morgan fingerprint density at radius 3 is 2.56 bits per heavy atom. The van der Waals surface area contributed by atoms with Crippen molar-refractivity contribution in [2.24, 2.45) is 4.99 Å². The maximum atomic E-state index is 15.2. The van der Waals surface area contributed by atoms with Crippen LogP contribution < -0.4 is 10.0 Å². The molecule has 1 aromatic heterocycles. The number of fused-ring (bicyclic) bond motifs is 1. The molecule has 0 saturated carbocycles. The number of halogens is 3. The first-order valence-electron chi connectivity index (χ1n) is 9.59. The maximum absolute atomic E-state index is 15.2. The lowest BCUT2D eigenvalue weighted by Crippen LogP contribution is -2.44. The van der Waals surface area contributed by atoms with Gasteiger partial charge in [0.25, 0.3) is 0 Å². The summed E-state index contributed by atoms with van der Waals surface area (Å²) in [6.07, 6.45) is 0. The first kappa shape index (κ1) is 22.0. The molecule has 2 heterocycles. The van der Waals surface area contributed by atoms with Crippen LogP contribution in [0.4, 0.5) is 30.3 Å². The Morgan fingerprint density at radius 1 is 1.19 bits per heavy atom. The molecule has 0 aliphatic carbocycles. The molecule has 10 heteroatoms. The molecule has 6 nitrogen and oxygen atoms in total. The molecule has 0 unspecified atom stereocenters. The van der Waals surface area contributed by atoms with E-state index in [1.807, 2.05) is 0 Å². The molecule has 1 aliphatic rings. The van der Waals surface area contributed by atoms with Crippen molar-refractivity contribution >= 4 is 40.0 Å². The molecular weight excluding hydrogens is 441 g/mol. The number of alkyl halides is 2. The van der Waals surface area contributed by atoms with Crippen LogP contribution in [0.15, 0.2) is 46.8 Å². The second kappa shape index (κ2) is 8.03. The van der Waals surface area contributed by atoms with E-state index in [9.17, 15) is 14.4 Å². The molecule has 3 aromatic rings. The first-order valence-corrected chi connectivity index (χ1v) is 10.5. The Balaban J connectivity index is 1.91. The number of aliphatic hydroxyl groups excluding tert-OH is 1. The largest absolute Gasteiger partial charge is 0.389 e. The summed E-state index contributed by atoms with van der Waals surface area (Å²) in [5, 5.41) is 10.9. The highest BCUT2D eigenvalue weighted by Crippen LogP contribution is 2.42. The predicted octanol–water partition coefficient (Wildman–Crippen LogP) is 4.66. The molecule has 1 aliphatic heterocycles. The monoisotopic (exact) mass is 460 g/mol. The third-order valence-corrected chi connectivity index (χ3v) is 5.92. The number of thiazole rings is 1. The number of amides is 1. The standard InChI is InChI=1S/C22H19F3N4O2S/c1-12-7-18-15(9-17(12)28(2)3)27-20(22(23,24)21(31)29(18)25)14-6-4-5-13(8-14)16-11-32-19(10-30)26-16/h4-9,11,30H,10H2,1-3H3. The van der Waals surface area contributed by atoms with Gasteiger partial charge in [-0.25, -0.2) is 9.98 Å². The van der Waals surface area contributed by atoms with Gasteiger partial charge in [0.2, 0.25) is 0 Å². The predicted molar refractivity (Wildman–Crippen MR) is 119 cm³/mol. The fourth-order valence-electron chi connectivity index (χ4n) is 3.51. The summed E-state index contributed by atoms with van der Waals surface area (Å²) in [7, 11) is 3.53. The molecule has 0 atom stereocenters. The van der Waals surface area contributed by atoms with Crippen molar-refractivity contribution in [1.29, 1.82) is 0 Å². The van der Waals surface area contributed by atoms with Crippen LogP contribution in [0.2, 0.25) is 0 Å². The molecule has 0 bridgehead atoms. The molecule has 1 amide bonds. The van der Waals surface area contributed by atoms with Gasteiger partial charge in [-0.3, -0.25) is 4.79 Å². The Labute approximate surface area is 186 Å². The molecule has 32 heavy (non-hydrogen) atoms. The Kier molecular flexibility index (Phi) is 5.51. The molecule has 0 saturated heterocycles. The third-order valence-electron chi connectivity index (χ3n) is 5.08. The molecule has 4 rings (SSSR count). The highest BCUT2D eigenvalue weighted by atomic mass is 32.1. The van der Waals surface area contributed by atoms with Crippen LogP contribution in [0.3, 0.4) is 0 Å². The van der Waals surface area contributed by atoms with Gasteiger partial charge in [-0.2, -0.15) is 8.78 Å². The fourth-order valence-corrected chi connectivity index (χ4v) is 4.17. The van der Waals surface area contributed by atoms with E-state index in [-0.39, 0.29) is 23.5 Å². The van der Waals surface area contributed by atoms with Gasteiger partial charge < -0.3 is 10.0 Å². The van der Waals surface area contributed by atoms with Crippen molar-refractivity contribution in [1.82, 2.24) is 4.98 Å². The number of hydrogen-bond donors (Lipinski definition) is 1. The number of aliphatic hydroxyl groups is 1. The third kappa shape index (κ3) is 3.65. The minimum Gasteiger partial charge on any atom is -0.389 e. The number of rotatable bonds is 4. The number of carbonyl (C=O) groups is 1. The average Bonchev–Trinajstić information content (AvgIpc) is 3.23. The zero-order chi connectivity index (χ0) is 23.2. The SMILES string of the molecule is Cc1cc2c(cc1N(C)C)N=C(c1cccc(-c3csc(CO)n3)c1)C(F)(F)C(=O)N2F. The summed E-state index contributed by atoms with van der Waals surface area (Å²) in [6.45, 7) is 1.46. The van der Waals surface area contributed by atoms with Crippen molar-refractivity contribution in [2.75, 3.05) is 24.1 Å². The number of aromatic nitrogens is 1. The molecule has 0 fully saturated rings. The van der Waals surface area contributed by atoms with Gasteiger partial charge in [0.15, 0.2) is 0 Å². The van der Waals surface area contributed by atoms with E-state index >= 15 is 8.78 Å². The van der Waals surface area contributed by atoms with E-state index in [0.29, 0.717) is 27.5 Å². The van der Waals surface area contributed by atoms with Crippen LogP contribution in [0.5, 0.6) is 0 Å². The van der Waals surface area contributed by atoms with Gasteiger partial charge in [0.1, 0.15) is 16.4 Å². The van der Waals surface area contributed by atoms with Crippen molar-refractivity contribution in [3.8, 4) is 11.3 Å². The zero-order valence-corrected chi connectivity index (χ0v) is 18.3.